The summed E-state index contributed by atoms with van der Waals surface area (Å²) in [7, 11) is 0. The van der Waals surface area contributed by atoms with Gasteiger partial charge in [0.05, 0.1) is 5.69 Å². The molecule has 7 heteroatoms. The molecule has 4 rings (SSSR count). The highest BCUT2D eigenvalue weighted by Gasteiger charge is 2.39. The van der Waals surface area contributed by atoms with Crippen molar-refractivity contribution in [2.45, 2.75) is 27.7 Å². The molecule has 0 spiro atoms. The smallest absolute Gasteiger partial charge is 0.283 e. The van der Waals surface area contributed by atoms with E-state index in [0.29, 0.717) is 22.6 Å². The zero-order valence-corrected chi connectivity index (χ0v) is 20.1. The summed E-state index contributed by atoms with van der Waals surface area (Å²) in [6.45, 7) is 7.64. The Morgan fingerprint density at radius 2 is 1.50 bits per heavy atom. The average molecular weight is 474 g/mol. The fourth-order valence-corrected chi connectivity index (χ4v) is 4.14. The van der Waals surface area contributed by atoms with Gasteiger partial charge in [0.1, 0.15) is 10.7 Å². The van der Waals surface area contributed by atoms with Crippen LogP contribution in [0.1, 0.15) is 32.6 Å². The van der Waals surface area contributed by atoms with Crippen LogP contribution in [0.15, 0.2) is 71.4 Å². The molecule has 0 bridgehead atoms. The summed E-state index contributed by atoms with van der Waals surface area (Å²) in [6.07, 6.45) is 0. The zero-order valence-electron chi connectivity index (χ0n) is 19.3. The van der Waals surface area contributed by atoms with Crippen molar-refractivity contribution >= 4 is 46.4 Å². The van der Waals surface area contributed by atoms with E-state index in [0.717, 1.165) is 27.2 Å². The van der Waals surface area contributed by atoms with Crippen molar-refractivity contribution in [3.63, 3.8) is 0 Å². The van der Waals surface area contributed by atoms with Crippen LogP contribution in [0, 0.1) is 27.7 Å². The fraction of sp³-hybridized carbons (Fsp3) is 0.148. The van der Waals surface area contributed by atoms with E-state index in [1.165, 1.54) is 0 Å². The van der Waals surface area contributed by atoms with E-state index in [4.69, 9.17) is 11.6 Å². The molecule has 6 nitrogen and oxygen atoms in total. The highest BCUT2D eigenvalue weighted by molar-refractivity contribution is 6.53. The van der Waals surface area contributed by atoms with Crippen LogP contribution < -0.4 is 15.5 Å². The molecule has 1 aliphatic heterocycles. The van der Waals surface area contributed by atoms with Gasteiger partial charge in [-0.3, -0.25) is 14.4 Å². The molecule has 34 heavy (non-hydrogen) atoms. The van der Waals surface area contributed by atoms with E-state index in [1.54, 1.807) is 30.3 Å². The number of hydrogen-bond acceptors (Lipinski definition) is 4. The summed E-state index contributed by atoms with van der Waals surface area (Å²) in [5.41, 5.74) is 5.81. The Kier molecular flexibility index (Phi) is 6.26. The highest BCUT2D eigenvalue weighted by Crippen LogP contribution is 2.32. The lowest BCUT2D eigenvalue weighted by atomic mass is 10.1. The minimum atomic E-state index is -0.591. The van der Waals surface area contributed by atoms with Crippen molar-refractivity contribution in [1.29, 1.82) is 0 Å². The maximum absolute atomic E-state index is 13.1. The molecule has 0 atom stereocenters. The largest absolute Gasteiger partial charge is 0.350 e. The van der Waals surface area contributed by atoms with Crippen LogP contribution in [-0.2, 0) is 9.59 Å². The molecule has 3 aromatic rings. The van der Waals surface area contributed by atoms with Crippen LogP contribution in [0.4, 0.5) is 17.1 Å². The normalized spacial score (nSPS) is 13.5. The maximum atomic E-state index is 13.1. The first-order valence-corrected chi connectivity index (χ1v) is 11.1. The van der Waals surface area contributed by atoms with Crippen molar-refractivity contribution in [1.82, 2.24) is 0 Å². The molecule has 1 aliphatic rings. The predicted molar refractivity (Wildman–Crippen MR) is 135 cm³/mol. The summed E-state index contributed by atoms with van der Waals surface area (Å²) < 4.78 is 0. The molecule has 3 aromatic carbocycles. The molecule has 0 unspecified atom stereocenters. The van der Waals surface area contributed by atoms with Gasteiger partial charge in [-0.1, -0.05) is 35.9 Å². The van der Waals surface area contributed by atoms with E-state index in [2.05, 4.69) is 10.6 Å². The quantitative estimate of drug-likeness (QED) is 0.472. The first kappa shape index (κ1) is 23.3. The summed E-state index contributed by atoms with van der Waals surface area (Å²) in [5, 5.41) is 5.63. The van der Waals surface area contributed by atoms with E-state index < -0.39 is 11.8 Å². The third-order valence-corrected chi connectivity index (χ3v) is 5.86. The number of aryl methyl sites for hydroxylation is 4. The molecule has 172 valence electrons. The summed E-state index contributed by atoms with van der Waals surface area (Å²) in [4.78, 5) is 39.8. The van der Waals surface area contributed by atoms with Crippen LogP contribution in [0.25, 0.3) is 0 Å². The molecule has 2 N–H and O–H groups in total. The lowest BCUT2D eigenvalue weighted by Crippen LogP contribution is -2.33. The van der Waals surface area contributed by atoms with Crippen LogP contribution in [0.3, 0.4) is 0 Å². The number of rotatable bonds is 5. The number of amides is 3. The third kappa shape index (κ3) is 4.58. The lowest BCUT2D eigenvalue weighted by molar-refractivity contribution is -0.120. The van der Waals surface area contributed by atoms with Crippen molar-refractivity contribution in [3.05, 3.63) is 99.2 Å². The molecule has 0 aliphatic carbocycles. The van der Waals surface area contributed by atoms with Crippen molar-refractivity contribution in [2.24, 2.45) is 0 Å². The standard InChI is InChI=1S/C27H24ClN3O3/c1-15-8-9-18(4)22(13-15)31-26(33)23(28)24(27(31)34)29-20-7-5-6-19(14-20)25(32)30-21-11-16(2)10-17(3)12-21/h5-14,29H,1-4H3,(H,30,32). The SMILES string of the molecule is Cc1cc(C)cc(NC(=O)c2cccc(NC3=C(Cl)C(=O)N(c4cc(C)ccc4C)C3=O)c2)c1. The second kappa shape index (κ2) is 9.15. The molecule has 0 fully saturated rings. The number of imide groups is 1. The average Bonchev–Trinajstić information content (AvgIpc) is 2.98. The van der Waals surface area contributed by atoms with Gasteiger partial charge in [-0.25, -0.2) is 4.90 Å². The number of carbonyl (C=O) groups excluding carboxylic acids is 3. The van der Waals surface area contributed by atoms with E-state index in [1.807, 2.05) is 58.0 Å². The first-order valence-electron chi connectivity index (χ1n) is 10.8. The zero-order chi connectivity index (χ0) is 24.6. The second-order valence-electron chi connectivity index (χ2n) is 8.46. The highest BCUT2D eigenvalue weighted by atomic mass is 35.5. The number of anilines is 3. The molecule has 1 heterocycles. The maximum Gasteiger partial charge on any atom is 0.283 e. The van der Waals surface area contributed by atoms with E-state index >= 15 is 0 Å². The van der Waals surface area contributed by atoms with Gasteiger partial charge in [0.15, 0.2) is 0 Å². The van der Waals surface area contributed by atoms with E-state index in [-0.39, 0.29) is 16.6 Å². The number of hydrogen-bond donors (Lipinski definition) is 2. The van der Waals surface area contributed by atoms with Gasteiger partial charge in [0.2, 0.25) is 0 Å². The third-order valence-electron chi connectivity index (χ3n) is 5.51. The van der Waals surface area contributed by atoms with Crippen molar-refractivity contribution in [2.75, 3.05) is 15.5 Å². The summed E-state index contributed by atoms with van der Waals surface area (Å²) >= 11 is 6.28. The van der Waals surface area contributed by atoms with Crippen molar-refractivity contribution < 1.29 is 14.4 Å². The van der Waals surface area contributed by atoms with Crippen LogP contribution in [0.5, 0.6) is 0 Å². The predicted octanol–water partition coefficient (Wildman–Crippen LogP) is 5.61. The summed E-state index contributed by atoms with van der Waals surface area (Å²) in [5.74, 6) is -1.43. The topological polar surface area (TPSA) is 78.5 Å². The van der Waals surface area contributed by atoms with Gasteiger partial charge in [0.25, 0.3) is 17.7 Å². The Balaban J connectivity index is 1.56. The Hall–Kier alpha value is -3.90. The number of benzene rings is 3. The monoisotopic (exact) mass is 473 g/mol. The molecule has 0 saturated heterocycles. The number of nitrogens with zero attached hydrogens (tertiary/aromatic N) is 1. The van der Waals surface area contributed by atoms with E-state index in [9.17, 15) is 14.4 Å². The molecule has 0 aromatic heterocycles. The fourth-order valence-electron chi connectivity index (χ4n) is 3.92. The molecule has 0 radical (unpaired) electrons. The van der Waals surface area contributed by atoms with Gasteiger partial charge in [-0.05, 0) is 86.3 Å². The minimum Gasteiger partial charge on any atom is -0.350 e. The van der Waals surface area contributed by atoms with Gasteiger partial charge < -0.3 is 10.6 Å². The Bertz CT molecular complexity index is 1360. The molecular weight excluding hydrogens is 450 g/mol. The second-order valence-corrected chi connectivity index (χ2v) is 8.84. The lowest BCUT2D eigenvalue weighted by Gasteiger charge is -2.18. The number of halogens is 1. The first-order chi connectivity index (χ1) is 16.1. The van der Waals surface area contributed by atoms with Crippen LogP contribution in [-0.4, -0.2) is 17.7 Å². The number of carbonyl (C=O) groups is 3. The van der Waals surface area contributed by atoms with Gasteiger partial charge in [-0.15, -0.1) is 0 Å². The summed E-state index contributed by atoms with van der Waals surface area (Å²) in [6, 6.07) is 18.0. The Morgan fingerprint density at radius 1 is 0.794 bits per heavy atom. The van der Waals surface area contributed by atoms with Crippen molar-refractivity contribution in [3.8, 4) is 0 Å². The van der Waals surface area contributed by atoms with Gasteiger partial charge in [-0.2, -0.15) is 0 Å². The van der Waals surface area contributed by atoms with Gasteiger partial charge in [0, 0.05) is 16.9 Å². The van der Waals surface area contributed by atoms with Crippen LogP contribution in [0.2, 0.25) is 0 Å². The van der Waals surface area contributed by atoms with Crippen LogP contribution >= 0.6 is 11.6 Å². The van der Waals surface area contributed by atoms with Gasteiger partial charge >= 0.3 is 0 Å². The molecule has 3 amide bonds. The molecular formula is C27H24ClN3O3. The molecule has 0 saturated carbocycles. The number of nitrogens with one attached hydrogen (secondary N) is 2. The Labute approximate surface area is 203 Å². The minimum absolute atomic E-state index is 0.0283. The Morgan fingerprint density at radius 3 is 2.21 bits per heavy atom.